The fraction of sp³-hybridized carbons (Fsp3) is 0.545. The van der Waals surface area contributed by atoms with E-state index in [9.17, 15) is 0 Å². The second-order valence-corrected chi connectivity index (χ2v) is 13.5. The lowest BCUT2D eigenvalue weighted by Gasteiger charge is -2.31. The van der Waals surface area contributed by atoms with Gasteiger partial charge < -0.3 is 0 Å². The highest BCUT2D eigenvalue weighted by molar-refractivity contribution is 6.87. The molecule has 130 valence electrons. The maximum absolute atomic E-state index is 3.70. The Balaban J connectivity index is 2.24. The number of nitrogens with zero attached hydrogens (tertiary/aromatic N) is 1. The normalized spacial score (nSPS) is 17.3. The average molecular weight is 340 g/mol. The van der Waals surface area contributed by atoms with Crippen LogP contribution in [0.3, 0.4) is 0 Å². The van der Waals surface area contributed by atoms with Gasteiger partial charge in [0.1, 0.15) is 8.07 Å². The third-order valence-electron chi connectivity index (χ3n) is 5.39. The van der Waals surface area contributed by atoms with Crippen LogP contribution in [0.2, 0.25) is 18.1 Å². The van der Waals surface area contributed by atoms with E-state index in [1.807, 2.05) is 0 Å². The van der Waals surface area contributed by atoms with Crippen LogP contribution in [0.15, 0.2) is 35.9 Å². The Labute approximate surface area is 150 Å². The average Bonchev–Trinajstić information content (AvgIpc) is 2.53. The zero-order valence-electron chi connectivity index (χ0n) is 16.2. The first-order valence-corrected chi connectivity index (χ1v) is 12.3. The predicted octanol–water partition coefficient (Wildman–Crippen LogP) is 5.61. The van der Waals surface area contributed by atoms with Crippen molar-refractivity contribution in [2.45, 2.75) is 58.2 Å². The van der Waals surface area contributed by atoms with Gasteiger partial charge in [-0.2, -0.15) is 0 Å². The van der Waals surface area contributed by atoms with E-state index in [-0.39, 0.29) is 0 Å². The van der Waals surface area contributed by atoms with Crippen molar-refractivity contribution in [3.05, 3.63) is 41.5 Å². The van der Waals surface area contributed by atoms with Crippen LogP contribution in [0, 0.1) is 11.5 Å². The van der Waals surface area contributed by atoms with E-state index in [1.165, 1.54) is 43.5 Å². The van der Waals surface area contributed by atoms with Gasteiger partial charge in [0.2, 0.25) is 0 Å². The molecule has 0 spiro atoms. The molecule has 2 heteroatoms. The van der Waals surface area contributed by atoms with E-state index in [2.05, 4.69) is 86.6 Å². The summed E-state index contributed by atoms with van der Waals surface area (Å²) in [5, 5.41) is 0.309. The van der Waals surface area contributed by atoms with Crippen LogP contribution in [0.1, 0.15) is 45.6 Å². The fourth-order valence-corrected chi connectivity index (χ4v) is 3.50. The molecular formula is C22H33NSi. The van der Waals surface area contributed by atoms with E-state index in [0.717, 1.165) is 6.54 Å². The summed E-state index contributed by atoms with van der Waals surface area (Å²) in [6.45, 7) is 15.2. The Kier molecular flexibility index (Phi) is 6.49. The smallest absolute Gasteiger partial charge is 0.138 e. The van der Waals surface area contributed by atoms with Crippen molar-refractivity contribution >= 4 is 14.1 Å². The second kappa shape index (κ2) is 8.19. The van der Waals surface area contributed by atoms with Gasteiger partial charge in [0.15, 0.2) is 0 Å². The largest absolute Gasteiger partial charge is 0.298 e. The lowest BCUT2D eigenvalue weighted by molar-refractivity contribution is 0.249. The monoisotopic (exact) mass is 339 g/mol. The van der Waals surface area contributed by atoms with Crippen LogP contribution in [0.4, 0.5) is 0 Å². The molecule has 0 amide bonds. The van der Waals surface area contributed by atoms with Gasteiger partial charge in [-0.25, -0.2) is 0 Å². The summed E-state index contributed by atoms with van der Waals surface area (Å²) in [7, 11) is -1.57. The van der Waals surface area contributed by atoms with E-state index >= 15 is 0 Å². The summed E-state index contributed by atoms with van der Waals surface area (Å²) >= 11 is 0. The molecule has 0 radical (unpaired) electrons. The van der Waals surface area contributed by atoms with Crippen molar-refractivity contribution in [2.24, 2.45) is 0 Å². The van der Waals surface area contributed by atoms with Crippen LogP contribution in [0.25, 0.3) is 6.08 Å². The third kappa shape index (κ3) is 5.65. The van der Waals surface area contributed by atoms with Crippen LogP contribution < -0.4 is 0 Å². The van der Waals surface area contributed by atoms with Gasteiger partial charge in [0, 0.05) is 12.1 Å². The minimum Gasteiger partial charge on any atom is -0.298 e. The third-order valence-corrected chi connectivity index (χ3v) is 9.89. The summed E-state index contributed by atoms with van der Waals surface area (Å²) < 4.78 is 0. The fourth-order valence-electron chi connectivity index (χ4n) is 2.65. The summed E-state index contributed by atoms with van der Waals surface area (Å²) in [6, 6.07) is 10.6. The molecule has 0 aliphatic carbocycles. The van der Waals surface area contributed by atoms with Crippen LogP contribution in [0.5, 0.6) is 0 Å². The molecule has 0 N–H and O–H groups in total. The van der Waals surface area contributed by atoms with Crippen molar-refractivity contribution in [1.82, 2.24) is 4.90 Å². The first-order chi connectivity index (χ1) is 11.3. The number of rotatable bonds is 3. The van der Waals surface area contributed by atoms with Gasteiger partial charge in [0.05, 0.1) is 0 Å². The molecule has 1 heterocycles. The Bertz CT molecular complexity index is 605. The molecule has 24 heavy (non-hydrogen) atoms. The topological polar surface area (TPSA) is 3.24 Å². The molecule has 2 rings (SSSR count). The van der Waals surface area contributed by atoms with Gasteiger partial charge >= 0.3 is 0 Å². The van der Waals surface area contributed by atoms with Crippen molar-refractivity contribution in [1.29, 1.82) is 0 Å². The predicted molar refractivity (Wildman–Crippen MR) is 110 cm³/mol. The van der Waals surface area contributed by atoms with Gasteiger partial charge in [0.25, 0.3) is 0 Å². The van der Waals surface area contributed by atoms with Gasteiger partial charge in [-0.1, -0.05) is 76.5 Å². The molecule has 1 aromatic carbocycles. The minimum atomic E-state index is -1.57. The maximum Gasteiger partial charge on any atom is 0.138 e. The molecule has 1 aliphatic rings. The molecule has 1 aromatic rings. The summed E-state index contributed by atoms with van der Waals surface area (Å²) in [6.07, 6.45) is 6.32. The first-order valence-electron chi connectivity index (χ1n) is 9.29. The van der Waals surface area contributed by atoms with Gasteiger partial charge in [-0.05, 0) is 42.6 Å². The number of hydrogen-bond donors (Lipinski definition) is 0. The SMILES string of the molecule is CC(C)(C)[Si](C)(C)C#C/C(=C\c1ccccc1)CN1CCCCC1. The molecule has 1 fully saturated rings. The van der Waals surface area contributed by atoms with Gasteiger partial charge in [-0.3, -0.25) is 4.90 Å². The minimum absolute atomic E-state index is 0.309. The highest BCUT2D eigenvalue weighted by atomic mass is 28.3. The van der Waals surface area contributed by atoms with E-state index < -0.39 is 8.07 Å². The molecule has 0 saturated carbocycles. The molecule has 0 bridgehead atoms. The molecular weight excluding hydrogens is 306 g/mol. The van der Waals surface area contributed by atoms with Crippen LogP contribution in [-0.2, 0) is 0 Å². The van der Waals surface area contributed by atoms with Crippen LogP contribution >= 0.6 is 0 Å². The van der Waals surface area contributed by atoms with Crippen molar-refractivity contribution in [2.75, 3.05) is 19.6 Å². The first kappa shape index (κ1) is 19.0. The molecule has 0 aromatic heterocycles. The summed E-state index contributed by atoms with van der Waals surface area (Å²) in [5.74, 6) is 3.59. The van der Waals surface area contributed by atoms with Crippen molar-refractivity contribution in [3.8, 4) is 11.5 Å². The number of hydrogen-bond acceptors (Lipinski definition) is 1. The zero-order valence-corrected chi connectivity index (χ0v) is 17.2. The lowest BCUT2D eigenvalue weighted by atomic mass is 10.1. The highest BCUT2D eigenvalue weighted by Crippen LogP contribution is 2.35. The standard InChI is InChI=1S/C22H33NSi/c1-22(2,3)24(4,5)17-14-21(18-20-12-8-6-9-13-20)19-23-15-10-7-11-16-23/h6,8-9,12-13,18H,7,10-11,15-16,19H2,1-5H3/b21-18+. The van der Waals surface area contributed by atoms with Crippen molar-refractivity contribution < 1.29 is 0 Å². The molecule has 1 saturated heterocycles. The van der Waals surface area contributed by atoms with Crippen molar-refractivity contribution in [3.63, 3.8) is 0 Å². The Hall–Kier alpha value is -1.30. The maximum atomic E-state index is 3.70. The second-order valence-electron chi connectivity index (χ2n) is 8.54. The highest BCUT2D eigenvalue weighted by Gasteiger charge is 2.33. The van der Waals surface area contributed by atoms with Crippen LogP contribution in [-0.4, -0.2) is 32.6 Å². The van der Waals surface area contributed by atoms with E-state index in [1.54, 1.807) is 0 Å². The number of benzene rings is 1. The summed E-state index contributed by atoms with van der Waals surface area (Å²) in [4.78, 5) is 2.57. The zero-order chi connectivity index (χ0) is 17.6. The quantitative estimate of drug-likeness (QED) is 0.511. The lowest BCUT2D eigenvalue weighted by Crippen LogP contribution is -2.36. The molecule has 0 unspecified atom stereocenters. The summed E-state index contributed by atoms with van der Waals surface area (Å²) in [5.41, 5.74) is 6.23. The van der Waals surface area contributed by atoms with Gasteiger partial charge in [-0.15, -0.1) is 5.54 Å². The molecule has 1 nitrogen and oxygen atoms in total. The van der Waals surface area contributed by atoms with E-state index in [0.29, 0.717) is 5.04 Å². The van der Waals surface area contributed by atoms with E-state index in [4.69, 9.17) is 0 Å². The Morgan fingerprint density at radius 1 is 1.08 bits per heavy atom. The molecule has 0 atom stereocenters. The Morgan fingerprint density at radius 2 is 1.71 bits per heavy atom. The molecule has 1 aliphatic heterocycles. The number of piperidine rings is 1. The Morgan fingerprint density at radius 3 is 2.29 bits per heavy atom. The number of likely N-dealkylation sites (tertiary alicyclic amines) is 1.